The summed E-state index contributed by atoms with van der Waals surface area (Å²) in [7, 11) is 0. The van der Waals surface area contributed by atoms with E-state index in [4.69, 9.17) is 4.52 Å². The smallest absolute Gasteiger partial charge is 0.321 e. The zero-order valence-corrected chi connectivity index (χ0v) is 16.0. The van der Waals surface area contributed by atoms with Crippen molar-refractivity contribution in [2.75, 3.05) is 5.32 Å². The van der Waals surface area contributed by atoms with E-state index in [9.17, 15) is 35.1 Å². The minimum Gasteiger partial charge on any atom is -0.321 e. The highest BCUT2D eigenvalue weighted by Gasteiger charge is 2.24. The Kier molecular flexibility index (Phi) is 6.28. The molecule has 0 aliphatic rings. The Labute approximate surface area is 177 Å². The number of hydrogen-bond acceptors (Lipinski definition) is 9. The van der Waals surface area contributed by atoms with Crippen molar-refractivity contribution in [2.24, 2.45) is 4.99 Å². The summed E-state index contributed by atoms with van der Waals surface area (Å²) in [5, 5.41) is 38.4. The number of hydrogen-bond donors (Lipinski definition) is 1. The molecule has 0 spiro atoms. The zero-order valence-electron chi connectivity index (χ0n) is 16.0. The maximum Gasteiger partial charge on any atom is 0.348 e. The third-order valence-corrected chi connectivity index (χ3v) is 4.11. The van der Waals surface area contributed by atoms with Gasteiger partial charge in [-0.05, 0) is 17.8 Å². The molecular formula is C17H13N7O8. The van der Waals surface area contributed by atoms with E-state index in [2.05, 4.69) is 15.6 Å². The van der Waals surface area contributed by atoms with Crippen LogP contribution in [-0.4, -0.2) is 26.1 Å². The van der Waals surface area contributed by atoms with E-state index in [0.29, 0.717) is 13.0 Å². The number of carbonyl (C=O) groups excluding carboxylic acids is 1. The lowest BCUT2D eigenvalue weighted by Gasteiger charge is -2.01. The molecule has 0 saturated heterocycles. The number of non-ortho nitro benzene ring substituents is 1. The molecule has 0 radical (unpaired) electrons. The minimum absolute atomic E-state index is 0.0201. The van der Waals surface area contributed by atoms with Crippen LogP contribution >= 0.6 is 0 Å². The average Bonchev–Trinajstić information content (AvgIpc) is 3.19. The Hall–Kier alpha value is -4.95. The summed E-state index contributed by atoms with van der Waals surface area (Å²) >= 11 is 0. The second-order valence-electron chi connectivity index (χ2n) is 6.24. The van der Waals surface area contributed by atoms with Crippen LogP contribution < -0.4 is 15.6 Å². The van der Waals surface area contributed by atoms with Crippen molar-refractivity contribution in [3.05, 3.63) is 90.1 Å². The van der Waals surface area contributed by atoms with Crippen LogP contribution in [0.25, 0.3) is 0 Å². The van der Waals surface area contributed by atoms with Gasteiger partial charge in [-0.25, -0.2) is 9.48 Å². The number of amides is 2. The van der Waals surface area contributed by atoms with Crippen molar-refractivity contribution in [2.45, 2.75) is 13.0 Å². The zero-order chi connectivity index (χ0) is 23.3. The largest absolute Gasteiger partial charge is 0.348 e. The topological polar surface area (TPSA) is 201 Å². The van der Waals surface area contributed by atoms with E-state index in [0.717, 1.165) is 23.8 Å². The van der Waals surface area contributed by atoms with Crippen molar-refractivity contribution in [3.63, 3.8) is 0 Å². The van der Waals surface area contributed by atoms with Gasteiger partial charge in [0, 0.05) is 36.4 Å². The lowest BCUT2D eigenvalue weighted by atomic mass is 10.1. The van der Waals surface area contributed by atoms with Gasteiger partial charge in [0.05, 0.1) is 14.8 Å². The first-order valence-electron chi connectivity index (χ1n) is 8.78. The van der Waals surface area contributed by atoms with Crippen molar-refractivity contribution >= 4 is 28.8 Å². The van der Waals surface area contributed by atoms with Gasteiger partial charge in [-0.2, -0.15) is 4.99 Å². The Morgan fingerprint density at radius 3 is 2.34 bits per heavy atom. The summed E-state index contributed by atoms with van der Waals surface area (Å²) in [6, 6.07) is 7.93. The highest BCUT2D eigenvalue weighted by atomic mass is 16.6. The molecule has 15 nitrogen and oxygen atoms in total. The SMILES string of the molecule is O=C(/N=c1\[cH-][n+](CCc2ccc([N+](=O)[O-])cc2)no1)Nc1ccc([N+](=O)[O-])c([N+](=O)[O-])c1. The van der Waals surface area contributed by atoms with Crippen LogP contribution in [0.5, 0.6) is 0 Å². The van der Waals surface area contributed by atoms with Crippen LogP contribution in [0.1, 0.15) is 5.56 Å². The molecule has 15 heteroatoms. The summed E-state index contributed by atoms with van der Waals surface area (Å²) in [6.07, 6.45) is 1.82. The minimum atomic E-state index is -0.938. The Balaban J connectivity index is 1.65. The third kappa shape index (κ3) is 5.35. The van der Waals surface area contributed by atoms with E-state index in [1.165, 1.54) is 23.0 Å². The summed E-state index contributed by atoms with van der Waals surface area (Å²) < 4.78 is 6.29. The summed E-state index contributed by atoms with van der Waals surface area (Å²) in [6.45, 7) is 0.340. The molecule has 32 heavy (non-hydrogen) atoms. The average molecular weight is 443 g/mol. The lowest BCUT2D eigenvalue weighted by molar-refractivity contribution is -0.761. The van der Waals surface area contributed by atoms with Gasteiger partial charge in [-0.3, -0.25) is 30.3 Å². The van der Waals surface area contributed by atoms with Gasteiger partial charge < -0.3 is 9.84 Å². The molecule has 1 N–H and O–H groups in total. The monoisotopic (exact) mass is 443 g/mol. The predicted octanol–water partition coefficient (Wildman–Crippen LogP) is 1.78. The number of nitrogens with one attached hydrogen (secondary N) is 1. The Bertz CT molecular complexity index is 1260. The fraction of sp³-hybridized carbons (Fsp3) is 0.118. The molecular weight excluding hydrogens is 430 g/mol. The Morgan fingerprint density at radius 1 is 1.03 bits per heavy atom. The van der Waals surface area contributed by atoms with Crippen molar-refractivity contribution < 1.29 is 28.8 Å². The lowest BCUT2D eigenvalue weighted by Crippen LogP contribution is -2.36. The predicted molar refractivity (Wildman–Crippen MR) is 103 cm³/mol. The summed E-state index contributed by atoms with van der Waals surface area (Å²) in [5.74, 6) is 0. The second kappa shape index (κ2) is 9.24. The summed E-state index contributed by atoms with van der Waals surface area (Å²) in [4.78, 5) is 45.8. The first kappa shape index (κ1) is 21.8. The number of rotatable bonds is 7. The second-order valence-corrected chi connectivity index (χ2v) is 6.24. The maximum atomic E-state index is 12.0. The van der Waals surface area contributed by atoms with E-state index < -0.39 is 32.2 Å². The molecule has 1 heterocycles. The first-order chi connectivity index (χ1) is 15.2. The van der Waals surface area contributed by atoms with Crippen LogP contribution in [0.15, 0.2) is 58.2 Å². The molecule has 0 unspecified atom stereocenters. The van der Waals surface area contributed by atoms with Crippen LogP contribution in [0.2, 0.25) is 0 Å². The molecule has 2 amide bonds. The molecule has 0 aliphatic carbocycles. The number of nitro benzene ring substituents is 3. The van der Waals surface area contributed by atoms with Crippen LogP contribution in [0.4, 0.5) is 27.5 Å². The standard InChI is InChI=1S/C17H13N7O8/c25-17(18-12-3-6-14(23(28)29)15(9-12)24(30)31)19-16-10-21(20-32-16)8-7-11-1-4-13(5-2-11)22(26)27/h1-6,9-10H,7-8H2,(H,18,25)/b19-16+. The van der Waals surface area contributed by atoms with E-state index in [-0.39, 0.29) is 16.9 Å². The number of urea groups is 1. The molecule has 0 bridgehead atoms. The van der Waals surface area contributed by atoms with E-state index in [1.807, 2.05) is 0 Å². The van der Waals surface area contributed by atoms with Gasteiger partial charge in [0.25, 0.3) is 5.69 Å². The normalized spacial score (nSPS) is 11.2. The molecule has 0 atom stereocenters. The highest BCUT2D eigenvalue weighted by molar-refractivity contribution is 5.90. The number of aromatic nitrogens is 2. The number of anilines is 1. The summed E-state index contributed by atoms with van der Waals surface area (Å²) in [5.41, 5.74) is -0.912. The number of nitro groups is 3. The number of aryl methyl sites for hydroxylation is 2. The number of nitrogens with zero attached hydrogens (tertiary/aromatic N) is 6. The van der Waals surface area contributed by atoms with Crippen LogP contribution in [0.3, 0.4) is 0 Å². The van der Waals surface area contributed by atoms with Gasteiger partial charge in [0.15, 0.2) is 10.8 Å². The van der Waals surface area contributed by atoms with E-state index in [1.54, 1.807) is 12.1 Å². The molecule has 0 fully saturated rings. The number of benzene rings is 2. The van der Waals surface area contributed by atoms with Crippen LogP contribution in [0, 0.1) is 30.3 Å². The number of carbonyl (C=O) groups is 1. The van der Waals surface area contributed by atoms with Gasteiger partial charge in [0.2, 0.25) is 0 Å². The first-order valence-corrected chi connectivity index (χ1v) is 8.78. The van der Waals surface area contributed by atoms with E-state index >= 15 is 0 Å². The molecule has 164 valence electrons. The van der Waals surface area contributed by atoms with Crippen molar-refractivity contribution in [1.82, 2.24) is 5.27 Å². The van der Waals surface area contributed by atoms with Gasteiger partial charge in [-0.1, -0.05) is 12.1 Å². The van der Waals surface area contributed by atoms with Gasteiger partial charge in [0.1, 0.15) is 6.54 Å². The van der Waals surface area contributed by atoms with Gasteiger partial charge in [-0.15, -0.1) is 0 Å². The highest BCUT2D eigenvalue weighted by Crippen LogP contribution is 2.29. The molecule has 0 aliphatic heterocycles. The molecule has 0 saturated carbocycles. The quantitative estimate of drug-likeness (QED) is 0.244. The van der Waals surface area contributed by atoms with Crippen LogP contribution in [-0.2, 0) is 13.0 Å². The fourth-order valence-electron chi connectivity index (χ4n) is 2.60. The fourth-order valence-corrected chi connectivity index (χ4v) is 2.60. The molecule has 2 aromatic carbocycles. The van der Waals surface area contributed by atoms with Crippen molar-refractivity contribution in [1.29, 1.82) is 0 Å². The molecule has 3 rings (SSSR count). The maximum absolute atomic E-state index is 12.0. The Morgan fingerprint density at radius 2 is 1.72 bits per heavy atom. The van der Waals surface area contributed by atoms with Crippen molar-refractivity contribution in [3.8, 4) is 0 Å². The molecule has 1 aromatic heterocycles. The molecule has 3 aromatic rings. The van der Waals surface area contributed by atoms with Gasteiger partial charge >= 0.3 is 17.4 Å². The third-order valence-electron chi connectivity index (χ3n) is 4.11.